The molecule has 0 aliphatic rings. The molecule has 0 aliphatic heterocycles. The smallest absolute Gasteiger partial charge is 0.163 e. The summed E-state index contributed by atoms with van der Waals surface area (Å²) < 4.78 is 2.35. The lowest BCUT2D eigenvalue weighted by molar-refractivity contribution is 0.697. The molecule has 0 unspecified atom stereocenters. The molecule has 0 amide bonds. The summed E-state index contributed by atoms with van der Waals surface area (Å²) in [6.07, 6.45) is 3.74. The molecule has 0 saturated heterocycles. The third-order valence-electron chi connectivity index (χ3n) is 6.72. The minimum atomic E-state index is 0.209. The molecule has 0 bridgehead atoms. The quantitative estimate of drug-likeness (QED) is 0.250. The van der Waals surface area contributed by atoms with Gasteiger partial charge in [-0.3, -0.25) is 4.98 Å². The van der Waals surface area contributed by atoms with E-state index in [9.17, 15) is 0 Å². The molecule has 0 spiro atoms. The van der Waals surface area contributed by atoms with Crippen molar-refractivity contribution in [1.29, 1.82) is 0 Å². The number of aromatic nitrogens is 5. The zero-order valence-electron chi connectivity index (χ0n) is 21.6. The van der Waals surface area contributed by atoms with Gasteiger partial charge >= 0.3 is 0 Å². The number of rotatable bonds is 5. The maximum absolute atomic E-state index is 4.93. The van der Waals surface area contributed by atoms with Crippen molar-refractivity contribution in [2.24, 2.45) is 0 Å². The van der Waals surface area contributed by atoms with Crippen molar-refractivity contribution in [3.8, 4) is 28.2 Å². The number of hydrogen-bond donors (Lipinski definition) is 0. The van der Waals surface area contributed by atoms with E-state index in [1.165, 1.54) is 5.39 Å². The van der Waals surface area contributed by atoms with Crippen molar-refractivity contribution < 1.29 is 0 Å². The molecule has 182 valence electrons. The lowest BCUT2D eigenvalue weighted by Crippen LogP contribution is -2.08. The summed E-state index contributed by atoms with van der Waals surface area (Å²) in [5.41, 5.74) is 6.55. The Balaban J connectivity index is 1.75. The van der Waals surface area contributed by atoms with Gasteiger partial charge < -0.3 is 4.57 Å². The lowest BCUT2D eigenvalue weighted by Gasteiger charge is -2.14. The molecule has 0 aliphatic carbocycles. The Hall–Kier alpha value is -4.38. The molecule has 6 rings (SSSR count). The summed E-state index contributed by atoms with van der Waals surface area (Å²) in [6.45, 7) is 8.50. The van der Waals surface area contributed by atoms with Crippen LogP contribution in [0.15, 0.2) is 91.3 Å². The highest BCUT2D eigenvalue weighted by molar-refractivity contribution is 6.15. The molecule has 0 fully saturated rings. The SMILES string of the molecule is CC(C)c1nc(-c2cc(-c3cccnc3)c3c(c2)c2ccccc2n3-c2ccccc2)nc(C(C)C)n1. The number of nitrogens with zero attached hydrogens (tertiary/aromatic N) is 5. The summed E-state index contributed by atoms with van der Waals surface area (Å²) in [5, 5.41) is 2.35. The third kappa shape index (κ3) is 4.06. The highest BCUT2D eigenvalue weighted by Gasteiger charge is 2.20. The maximum Gasteiger partial charge on any atom is 0.163 e. The monoisotopic (exact) mass is 483 g/mol. The van der Waals surface area contributed by atoms with E-state index >= 15 is 0 Å². The van der Waals surface area contributed by atoms with Crippen LogP contribution in [0.2, 0.25) is 0 Å². The predicted molar refractivity (Wildman–Crippen MR) is 151 cm³/mol. The topological polar surface area (TPSA) is 56.5 Å². The summed E-state index contributed by atoms with van der Waals surface area (Å²) in [7, 11) is 0. The summed E-state index contributed by atoms with van der Waals surface area (Å²) in [6, 6.07) is 27.7. The van der Waals surface area contributed by atoms with Crippen LogP contribution in [0.25, 0.3) is 50.0 Å². The van der Waals surface area contributed by atoms with Gasteiger partial charge in [0.05, 0.1) is 11.0 Å². The Morgan fingerprint density at radius 3 is 2.03 bits per heavy atom. The van der Waals surface area contributed by atoms with Crippen LogP contribution >= 0.6 is 0 Å². The second-order valence-corrected chi connectivity index (χ2v) is 10.0. The molecule has 5 heteroatoms. The van der Waals surface area contributed by atoms with E-state index in [2.05, 4.69) is 110 Å². The van der Waals surface area contributed by atoms with Crippen molar-refractivity contribution in [2.45, 2.75) is 39.5 Å². The molecular weight excluding hydrogens is 454 g/mol. The highest BCUT2D eigenvalue weighted by atomic mass is 15.0. The van der Waals surface area contributed by atoms with E-state index in [1.807, 2.05) is 18.5 Å². The fourth-order valence-electron chi connectivity index (χ4n) is 4.87. The first-order valence-electron chi connectivity index (χ1n) is 12.8. The van der Waals surface area contributed by atoms with E-state index in [0.29, 0.717) is 5.82 Å². The third-order valence-corrected chi connectivity index (χ3v) is 6.72. The molecule has 3 aromatic heterocycles. The molecule has 0 radical (unpaired) electrons. The Morgan fingerprint density at radius 1 is 0.649 bits per heavy atom. The van der Waals surface area contributed by atoms with E-state index < -0.39 is 0 Å². The molecule has 0 saturated carbocycles. The second kappa shape index (κ2) is 9.25. The summed E-state index contributed by atoms with van der Waals surface area (Å²) in [4.78, 5) is 19.1. The number of para-hydroxylation sites is 2. The normalized spacial score (nSPS) is 11.7. The Bertz CT molecular complexity index is 1690. The van der Waals surface area contributed by atoms with Gasteiger partial charge in [-0.15, -0.1) is 0 Å². The Labute approximate surface area is 216 Å². The molecule has 3 heterocycles. The standard InChI is InChI=1S/C32H29N5/c1-20(2)30-34-31(21(3)4)36-32(35-30)23-17-26(22-11-10-16-33-19-22)29-27(18-23)25-14-8-9-15-28(25)37(29)24-12-6-5-7-13-24/h5-21H,1-4H3. The molecule has 0 atom stereocenters. The zero-order valence-corrected chi connectivity index (χ0v) is 21.6. The predicted octanol–water partition coefficient (Wildman–Crippen LogP) is 7.94. The van der Waals surface area contributed by atoms with E-state index in [-0.39, 0.29) is 11.8 Å². The minimum absolute atomic E-state index is 0.209. The van der Waals surface area contributed by atoms with Gasteiger partial charge in [0.1, 0.15) is 11.6 Å². The molecular formula is C32H29N5. The molecule has 3 aromatic carbocycles. The minimum Gasteiger partial charge on any atom is -0.309 e. The van der Waals surface area contributed by atoms with Crippen LogP contribution in [-0.2, 0) is 0 Å². The lowest BCUT2D eigenvalue weighted by atomic mass is 9.99. The fraction of sp³-hybridized carbons (Fsp3) is 0.188. The number of pyridine rings is 1. The van der Waals surface area contributed by atoms with Crippen molar-refractivity contribution in [1.82, 2.24) is 24.5 Å². The van der Waals surface area contributed by atoms with Gasteiger partial charge in [-0.1, -0.05) is 70.2 Å². The van der Waals surface area contributed by atoms with Crippen molar-refractivity contribution in [3.63, 3.8) is 0 Å². The molecule has 0 N–H and O–H groups in total. The molecule has 5 nitrogen and oxygen atoms in total. The van der Waals surface area contributed by atoms with Gasteiger partial charge in [-0.25, -0.2) is 15.0 Å². The maximum atomic E-state index is 4.93. The first-order valence-corrected chi connectivity index (χ1v) is 12.8. The van der Waals surface area contributed by atoms with Gasteiger partial charge in [0.2, 0.25) is 0 Å². The number of benzene rings is 3. The summed E-state index contributed by atoms with van der Waals surface area (Å²) in [5.74, 6) is 2.78. The van der Waals surface area contributed by atoms with Crippen molar-refractivity contribution >= 4 is 21.8 Å². The van der Waals surface area contributed by atoms with E-state index in [4.69, 9.17) is 15.0 Å². The van der Waals surface area contributed by atoms with Crippen LogP contribution in [0.1, 0.15) is 51.2 Å². The van der Waals surface area contributed by atoms with Gasteiger partial charge in [-0.05, 0) is 36.4 Å². The first-order chi connectivity index (χ1) is 18.0. The van der Waals surface area contributed by atoms with Crippen LogP contribution in [0.5, 0.6) is 0 Å². The van der Waals surface area contributed by atoms with Crippen LogP contribution in [-0.4, -0.2) is 24.5 Å². The number of hydrogen-bond acceptors (Lipinski definition) is 4. The summed E-state index contributed by atoms with van der Waals surface area (Å²) >= 11 is 0. The van der Waals surface area contributed by atoms with Gasteiger partial charge in [0, 0.05) is 57.4 Å². The van der Waals surface area contributed by atoms with Crippen molar-refractivity contribution in [3.05, 3.63) is 103 Å². The largest absolute Gasteiger partial charge is 0.309 e. The zero-order chi connectivity index (χ0) is 25.5. The average molecular weight is 484 g/mol. The first kappa shape index (κ1) is 23.0. The Kier molecular flexibility index (Phi) is 5.76. The van der Waals surface area contributed by atoms with E-state index in [0.717, 1.165) is 50.4 Å². The van der Waals surface area contributed by atoms with Gasteiger partial charge in [-0.2, -0.15) is 0 Å². The average Bonchev–Trinajstić information content (AvgIpc) is 3.27. The second-order valence-electron chi connectivity index (χ2n) is 10.0. The van der Waals surface area contributed by atoms with Crippen LogP contribution in [0.4, 0.5) is 0 Å². The van der Waals surface area contributed by atoms with Gasteiger partial charge in [0.15, 0.2) is 5.82 Å². The van der Waals surface area contributed by atoms with Crippen molar-refractivity contribution in [2.75, 3.05) is 0 Å². The number of fused-ring (bicyclic) bond motifs is 3. The Morgan fingerprint density at radius 2 is 1.35 bits per heavy atom. The van der Waals surface area contributed by atoms with Crippen LogP contribution in [0, 0.1) is 0 Å². The highest BCUT2D eigenvalue weighted by Crippen LogP contribution is 2.40. The molecule has 37 heavy (non-hydrogen) atoms. The van der Waals surface area contributed by atoms with E-state index in [1.54, 1.807) is 0 Å². The fourth-order valence-corrected chi connectivity index (χ4v) is 4.87. The van der Waals surface area contributed by atoms with Crippen LogP contribution in [0.3, 0.4) is 0 Å². The van der Waals surface area contributed by atoms with Gasteiger partial charge in [0.25, 0.3) is 0 Å². The van der Waals surface area contributed by atoms with Crippen LogP contribution < -0.4 is 0 Å². The molecule has 6 aromatic rings.